The molecule has 1 aromatic carbocycles. The monoisotopic (exact) mass is 310 g/mol. The van der Waals surface area contributed by atoms with Gasteiger partial charge in [0.1, 0.15) is 0 Å². The fourth-order valence-corrected chi connectivity index (χ4v) is 2.49. The lowest BCUT2D eigenvalue weighted by atomic mass is 10.1. The maximum Gasteiger partial charge on any atom is 0.338 e. The summed E-state index contributed by atoms with van der Waals surface area (Å²) in [5.74, 6) is 0.930. The molecule has 0 bridgehead atoms. The minimum Gasteiger partial charge on any atom is -0.462 e. The van der Waals surface area contributed by atoms with E-state index >= 15 is 0 Å². The normalized spacial score (nSPS) is 10.4. The predicted octanol–water partition coefficient (Wildman–Crippen LogP) is 3.78. The fourth-order valence-electron chi connectivity index (χ4n) is 2.00. The molecule has 0 aliphatic carbocycles. The molecule has 0 spiro atoms. The molecule has 1 aromatic rings. The molecule has 0 unspecified atom stereocenters. The van der Waals surface area contributed by atoms with Crippen molar-refractivity contribution < 1.29 is 9.53 Å². The highest BCUT2D eigenvalue weighted by Gasteiger charge is 2.08. The molecule has 4 nitrogen and oxygen atoms in total. The van der Waals surface area contributed by atoms with E-state index in [0.717, 1.165) is 18.7 Å². The Bertz CT molecular complexity index is 438. The molecule has 0 aliphatic rings. The van der Waals surface area contributed by atoms with Crippen molar-refractivity contribution in [2.75, 3.05) is 36.2 Å². The first-order valence-electron chi connectivity index (χ1n) is 7.48. The number of hydrogen-bond donors (Lipinski definition) is 2. The van der Waals surface area contributed by atoms with Crippen LogP contribution in [0.15, 0.2) is 18.2 Å². The molecular weight excluding hydrogens is 284 g/mol. The van der Waals surface area contributed by atoms with E-state index in [2.05, 4.69) is 11.6 Å². The lowest BCUT2D eigenvalue weighted by Crippen LogP contribution is -2.08. The highest BCUT2D eigenvalue weighted by Crippen LogP contribution is 2.20. The van der Waals surface area contributed by atoms with Crippen LogP contribution in [0.2, 0.25) is 0 Å². The number of thioether (sulfide) groups is 1. The number of benzene rings is 1. The van der Waals surface area contributed by atoms with Gasteiger partial charge >= 0.3 is 5.97 Å². The Hall–Kier alpha value is -1.36. The molecule has 0 atom stereocenters. The number of hydrogen-bond acceptors (Lipinski definition) is 5. The van der Waals surface area contributed by atoms with Gasteiger partial charge in [0.25, 0.3) is 0 Å². The highest BCUT2D eigenvalue weighted by atomic mass is 32.2. The van der Waals surface area contributed by atoms with Gasteiger partial charge in [0, 0.05) is 6.54 Å². The number of nitrogens with one attached hydrogen (secondary N) is 1. The van der Waals surface area contributed by atoms with Crippen LogP contribution < -0.4 is 11.1 Å². The van der Waals surface area contributed by atoms with Crippen LogP contribution in [0.4, 0.5) is 11.4 Å². The number of nitrogens with two attached hydrogens (primary N) is 1. The summed E-state index contributed by atoms with van der Waals surface area (Å²) in [5.41, 5.74) is 7.93. The average molecular weight is 310 g/mol. The van der Waals surface area contributed by atoms with Crippen molar-refractivity contribution in [3.8, 4) is 0 Å². The van der Waals surface area contributed by atoms with Gasteiger partial charge in [-0.1, -0.05) is 12.8 Å². The van der Waals surface area contributed by atoms with Crippen molar-refractivity contribution >= 4 is 29.1 Å². The topological polar surface area (TPSA) is 64.3 Å². The summed E-state index contributed by atoms with van der Waals surface area (Å²) < 4.78 is 4.99. The van der Waals surface area contributed by atoms with E-state index in [1.54, 1.807) is 25.1 Å². The molecular formula is C16H26N2O2S. The third-order valence-corrected chi connectivity index (χ3v) is 3.85. The van der Waals surface area contributed by atoms with Crippen LogP contribution in [-0.4, -0.2) is 31.1 Å². The minimum absolute atomic E-state index is 0.308. The van der Waals surface area contributed by atoms with E-state index < -0.39 is 0 Å². The van der Waals surface area contributed by atoms with Gasteiger partial charge in [-0.15, -0.1) is 0 Å². The molecule has 0 saturated heterocycles. The molecule has 0 aliphatic heterocycles. The SMILES string of the molecule is CCOC(=O)c1ccc(N)c(NCCCCCCSC)c1. The Balaban J connectivity index is 2.40. The molecule has 0 aromatic heterocycles. The Morgan fingerprint density at radius 3 is 2.76 bits per heavy atom. The zero-order chi connectivity index (χ0) is 15.5. The molecule has 3 N–H and O–H groups in total. The van der Waals surface area contributed by atoms with Crippen molar-refractivity contribution in [3.63, 3.8) is 0 Å². The molecule has 0 radical (unpaired) electrons. The number of carbonyl (C=O) groups is 1. The fraction of sp³-hybridized carbons (Fsp3) is 0.562. The van der Waals surface area contributed by atoms with E-state index in [0.29, 0.717) is 17.9 Å². The van der Waals surface area contributed by atoms with Crippen molar-refractivity contribution in [1.29, 1.82) is 0 Å². The van der Waals surface area contributed by atoms with Crippen molar-refractivity contribution in [3.05, 3.63) is 23.8 Å². The summed E-state index contributed by atoms with van der Waals surface area (Å²) >= 11 is 1.90. The number of unbranched alkanes of at least 4 members (excludes halogenated alkanes) is 3. The maximum atomic E-state index is 11.7. The Labute approximate surface area is 131 Å². The van der Waals surface area contributed by atoms with Gasteiger partial charge < -0.3 is 15.8 Å². The Kier molecular flexibility index (Phi) is 8.74. The second-order valence-corrected chi connectivity index (χ2v) is 5.84. The van der Waals surface area contributed by atoms with Gasteiger partial charge in [-0.25, -0.2) is 4.79 Å². The smallest absolute Gasteiger partial charge is 0.338 e. The highest BCUT2D eigenvalue weighted by molar-refractivity contribution is 7.98. The molecule has 0 saturated carbocycles. The van der Waals surface area contributed by atoms with Gasteiger partial charge in [0.15, 0.2) is 0 Å². The molecule has 21 heavy (non-hydrogen) atoms. The second kappa shape index (κ2) is 10.4. The van der Waals surface area contributed by atoms with Crippen LogP contribution in [0.3, 0.4) is 0 Å². The lowest BCUT2D eigenvalue weighted by Gasteiger charge is -2.11. The standard InChI is InChI=1S/C16H26N2O2S/c1-3-20-16(19)13-8-9-14(17)15(12-13)18-10-6-4-5-7-11-21-2/h8-9,12,18H,3-7,10-11,17H2,1-2H3. The predicted molar refractivity (Wildman–Crippen MR) is 92.2 cm³/mol. The number of carbonyl (C=O) groups excluding carboxylic acids is 1. The largest absolute Gasteiger partial charge is 0.462 e. The van der Waals surface area contributed by atoms with Gasteiger partial charge in [0.2, 0.25) is 0 Å². The van der Waals surface area contributed by atoms with Crippen LogP contribution >= 0.6 is 11.8 Å². The zero-order valence-corrected chi connectivity index (χ0v) is 13.8. The van der Waals surface area contributed by atoms with Gasteiger partial charge in [0.05, 0.1) is 23.5 Å². The molecule has 5 heteroatoms. The first-order valence-corrected chi connectivity index (χ1v) is 8.88. The Morgan fingerprint density at radius 1 is 1.29 bits per heavy atom. The number of esters is 1. The average Bonchev–Trinajstić information content (AvgIpc) is 2.48. The van der Waals surface area contributed by atoms with Crippen molar-refractivity contribution in [2.45, 2.75) is 32.6 Å². The summed E-state index contributed by atoms with van der Waals surface area (Å²) in [5, 5.41) is 3.30. The van der Waals surface area contributed by atoms with Crippen molar-refractivity contribution in [2.24, 2.45) is 0 Å². The summed E-state index contributed by atoms with van der Waals surface area (Å²) in [4.78, 5) is 11.7. The molecule has 0 amide bonds. The number of nitrogen functional groups attached to an aromatic ring is 1. The van der Waals surface area contributed by atoms with E-state index in [4.69, 9.17) is 10.5 Å². The third kappa shape index (κ3) is 6.76. The summed E-state index contributed by atoms with van der Waals surface area (Å²) in [6.45, 7) is 3.04. The number of ether oxygens (including phenoxy) is 1. The van der Waals surface area contributed by atoms with Crippen LogP contribution in [0.5, 0.6) is 0 Å². The van der Waals surface area contributed by atoms with Crippen LogP contribution in [0.1, 0.15) is 43.0 Å². The van der Waals surface area contributed by atoms with Crippen LogP contribution in [0.25, 0.3) is 0 Å². The van der Waals surface area contributed by atoms with Crippen molar-refractivity contribution in [1.82, 2.24) is 0 Å². The van der Waals surface area contributed by atoms with Gasteiger partial charge in [-0.3, -0.25) is 0 Å². The van der Waals surface area contributed by atoms with Gasteiger partial charge in [-0.2, -0.15) is 11.8 Å². The van der Waals surface area contributed by atoms with E-state index in [1.807, 2.05) is 11.8 Å². The van der Waals surface area contributed by atoms with E-state index in [-0.39, 0.29) is 5.97 Å². The number of anilines is 2. The maximum absolute atomic E-state index is 11.7. The molecule has 118 valence electrons. The van der Waals surface area contributed by atoms with Crippen LogP contribution in [-0.2, 0) is 4.74 Å². The minimum atomic E-state index is -0.308. The molecule has 0 heterocycles. The lowest BCUT2D eigenvalue weighted by molar-refractivity contribution is 0.0526. The first-order chi connectivity index (χ1) is 10.2. The van der Waals surface area contributed by atoms with E-state index in [9.17, 15) is 4.79 Å². The molecule has 0 fully saturated rings. The Morgan fingerprint density at radius 2 is 2.05 bits per heavy atom. The van der Waals surface area contributed by atoms with Gasteiger partial charge in [-0.05, 0) is 50.0 Å². The van der Waals surface area contributed by atoms with Crippen LogP contribution in [0, 0.1) is 0 Å². The number of rotatable bonds is 10. The first kappa shape index (κ1) is 17.7. The third-order valence-electron chi connectivity index (χ3n) is 3.16. The second-order valence-electron chi connectivity index (χ2n) is 4.86. The quantitative estimate of drug-likeness (QED) is 0.391. The zero-order valence-electron chi connectivity index (χ0n) is 13.0. The summed E-state index contributed by atoms with van der Waals surface area (Å²) in [6.07, 6.45) is 7.01. The van der Waals surface area contributed by atoms with E-state index in [1.165, 1.54) is 25.0 Å². The summed E-state index contributed by atoms with van der Waals surface area (Å²) in [6, 6.07) is 5.20. The summed E-state index contributed by atoms with van der Waals surface area (Å²) in [7, 11) is 0. The molecule has 1 rings (SSSR count).